The largest absolute Gasteiger partial charge is 0.315 e. The van der Waals surface area contributed by atoms with Crippen molar-refractivity contribution in [3.05, 3.63) is 0 Å². The van der Waals surface area contributed by atoms with Crippen LogP contribution in [0.15, 0.2) is 0 Å². The Hall–Kier alpha value is -0.410. The Morgan fingerprint density at radius 2 is 2.42 bits per heavy atom. The van der Waals surface area contributed by atoms with Crippen LogP contribution in [0.4, 0.5) is 0 Å². The van der Waals surface area contributed by atoms with Crippen molar-refractivity contribution in [1.82, 2.24) is 10.2 Å². The Balaban J connectivity index is 1.86. The smallest absolute Gasteiger partial charge is 0.148 e. The summed E-state index contributed by atoms with van der Waals surface area (Å²) in [6.07, 6.45) is 3.30. The van der Waals surface area contributed by atoms with E-state index in [0.29, 0.717) is 18.4 Å². The van der Waals surface area contributed by atoms with Gasteiger partial charge in [0.25, 0.3) is 0 Å². The van der Waals surface area contributed by atoms with Gasteiger partial charge in [0.2, 0.25) is 0 Å². The number of carbonyl (C=O) groups is 1. The number of nitrogens with one attached hydrogen (secondary N) is 1. The summed E-state index contributed by atoms with van der Waals surface area (Å²) in [7, 11) is 0. The Labute approximate surface area is 73.1 Å². The molecule has 2 aliphatic heterocycles. The second kappa shape index (κ2) is 3.54. The van der Waals surface area contributed by atoms with Gasteiger partial charge in [0.15, 0.2) is 0 Å². The van der Waals surface area contributed by atoms with E-state index in [1.54, 1.807) is 0 Å². The van der Waals surface area contributed by atoms with E-state index in [0.717, 1.165) is 26.1 Å². The predicted octanol–water partition coefficient (Wildman–Crippen LogP) is 0.0132. The number of piperidine rings is 1. The molecule has 0 spiro atoms. The summed E-state index contributed by atoms with van der Waals surface area (Å²) in [5, 5.41) is 3.37. The van der Waals surface area contributed by atoms with Crippen LogP contribution in [0.25, 0.3) is 0 Å². The fraction of sp³-hybridized carbons (Fsp3) is 0.889. The molecular formula is C9H16N2O. The third kappa shape index (κ3) is 1.67. The van der Waals surface area contributed by atoms with Crippen LogP contribution in [-0.2, 0) is 4.79 Å². The van der Waals surface area contributed by atoms with Crippen LogP contribution in [0.2, 0.25) is 0 Å². The van der Waals surface area contributed by atoms with Crippen molar-refractivity contribution in [3.8, 4) is 0 Å². The van der Waals surface area contributed by atoms with Gasteiger partial charge in [-0.3, -0.25) is 9.69 Å². The van der Waals surface area contributed by atoms with Crippen LogP contribution in [0.3, 0.4) is 0 Å². The lowest BCUT2D eigenvalue weighted by molar-refractivity contribution is -0.117. The number of carbonyl (C=O) groups excluding carboxylic acids is 1. The van der Waals surface area contributed by atoms with Crippen LogP contribution in [0.1, 0.15) is 19.3 Å². The zero-order valence-corrected chi connectivity index (χ0v) is 7.38. The van der Waals surface area contributed by atoms with Gasteiger partial charge in [0.1, 0.15) is 5.78 Å². The van der Waals surface area contributed by atoms with Crippen LogP contribution in [0, 0.1) is 0 Å². The van der Waals surface area contributed by atoms with Crippen LogP contribution in [0.5, 0.6) is 0 Å². The molecule has 0 bridgehead atoms. The number of nitrogens with zero attached hydrogens (tertiary/aromatic N) is 1. The fourth-order valence-electron chi connectivity index (χ4n) is 2.11. The Kier molecular flexibility index (Phi) is 2.42. The molecule has 2 fully saturated rings. The highest BCUT2D eigenvalue weighted by molar-refractivity contribution is 5.82. The van der Waals surface area contributed by atoms with Crippen molar-refractivity contribution in [2.24, 2.45) is 0 Å². The summed E-state index contributed by atoms with van der Waals surface area (Å²) in [6.45, 7) is 3.92. The molecule has 1 N–H and O–H groups in total. The Bertz CT molecular complexity index is 175. The lowest BCUT2D eigenvalue weighted by Crippen LogP contribution is -2.44. The van der Waals surface area contributed by atoms with Crippen molar-refractivity contribution in [3.63, 3.8) is 0 Å². The summed E-state index contributed by atoms with van der Waals surface area (Å²) in [6, 6.07) is 0.630. The molecule has 0 radical (unpaired) electrons. The first-order chi connectivity index (χ1) is 5.86. The molecular weight excluding hydrogens is 152 g/mol. The molecule has 0 aromatic rings. The third-order valence-electron chi connectivity index (χ3n) is 2.84. The Morgan fingerprint density at radius 3 is 3.00 bits per heavy atom. The Morgan fingerprint density at radius 1 is 1.50 bits per heavy atom. The molecule has 1 atom stereocenters. The molecule has 2 heterocycles. The predicted molar refractivity (Wildman–Crippen MR) is 47.1 cm³/mol. The molecule has 12 heavy (non-hydrogen) atoms. The van der Waals surface area contributed by atoms with Gasteiger partial charge in [-0.25, -0.2) is 0 Å². The van der Waals surface area contributed by atoms with Gasteiger partial charge >= 0.3 is 0 Å². The molecule has 3 heteroatoms. The summed E-state index contributed by atoms with van der Waals surface area (Å²) in [5.74, 6) is 0.417. The van der Waals surface area contributed by atoms with E-state index < -0.39 is 0 Å². The molecule has 2 rings (SSSR count). The van der Waals surface area contributed by atoms with Crippen molar-refractivity contribution in [2.45, 2.75) is 25.3 Å². The zero-order chi connectivity index (χ0) is 8.39. The van der Waals surface area contributed by atoms with Gasteiger partial charge in [0, 0.05) is 25.6 Å². The van der Waals surface area contributed by atoms with Crippen molar-refractivity contribution < 1.29 is 4.79 Å². The number of likely N-dealkylation sites (tertiary alicyclic amines) is 1. The van der Waals surface area contributed by atoms with Gasteiger partial charge in [0.05, 0.1) is 6.54 Å². The number of hydrogen-bond acceptors (Lipinski definition) is 3. The highest BCUT2D eigenvalue weighted by atomic mass is 16.1. The SMILES string of the molecule is O=C1CCN(C2CCCNC2)C1. The van der Waals surface area contributed by atoms with Gasteiger partial charge in [-0.1, -0.05) is 0 Å². The first kappa shape index (κ1) is 8.20. The minimum atomic E-state index is 0.417. The van der Waals surface area contributed by atoms with E-state index in [9.17, 15) is 4.79 Å². The molecule has 0 saturated carbocycles. The fourth-order valence-corrected chi connectivity index (χ4v) is 2.11. The number of ketones is 1. The molecule has 68 valence electrons. The maximum Gasteiger partial charge on any atom is 0.148 e. The number of Topliss-reactive ketones (excluding diaryl/α,β-unsaturated/α-hetero) is 1. The summed E-state index contributed by atoms with van der Waals surface area (Å²) >= 11 is 0. The lowest BCUT2D eigenvalue weighted by Gasteiger charge is -2.30. The van der Waals surface area contributed by atoms with E-state index in [2.05, 4.69) is 10.2 Å². The molecule has 3 nitrogen and oxygen atoms in total. The van der Waals surface area contributed by atoms with Crippen LogP contribution < -0.4 is 5.32 Å². The van der Waals surface area contributed by atoms with Crippen molar-refractivity contribution in [1.29, 1.82) is 0 Å². The number of rotatable bonds is 1. The second-order valence-electron chi connectivity index (χ2n) is 3.76. The maximum atomic E-state index is 11.0. The van der Waals surface area contributed by atoms with E-state index in [1.807, 2.05) is 0 Å². The highest BCUT2D eigenvalue weighted by Gasteiger charge is 2.27. The second-order valence-corrected chi connectivity index (χ2v) is 3.76. The maximum absolute atomic E-state index is 11.0. The molecule has 0 aliphatic carbocycles. The van der Waals surface area contributed by atoms with Crippen LogP contribution in [-0.4, -0.2) is 42.9 Å². The van der Waals surface area contributed by atoms with Crippen molar-refractivity contribution in [2.75, 3.05) is 26.2 Å². The zero-order valence-electron chi connectivity index (χ0n) is 7.38. The van der Waals surface area contributed by atoms with E-state index in [-0.39, 0.29) is 0 Å². The first-order valence-electron chi connectivity index (χ1n) is 4.83. The minimum absolute atomic E-state index is 0.417. The average molecular weight is 168 g/mol. The topological polar surface area (TPSA) is 32.3 Å². The summed E-state index contributed by atoms with van der Waals surface area (Å²) in [4.78, 5) is 13.4. The van der Waals surface area contributed by atoms with Crippen molar-refractivity contribution >= 4 is 5.78 Å². The highest BCUT2D eigenvalue weighted by Crippen LogP contribution is 2.14. The molecule has 1 unspecified atom stereocenters. The third-order valence-corrected chi connectivity index (χ3v) is 2.84. The standard InChI is InChI=1S/C9H16N2O/c12-9-3-5-11(7-9)8-2-1-4-10-6-8/h8,10H,1-7H2. The molecule has 0 amide bonds. The quantitative estimate of drug-likeness (QED) is 0.599. The number of hydrogen-bond donors (Lipinski definition) is 1. The molecule has 2 aliphatic rings. The summed E-state index contributed by atoms with van der Waals surface area (Å²) in [5.41, 5.74) is 0. The van der Waals surface area contributed by atoms with Gasteiger partial charge in [-0.05, 0) is 19.4 Å². The summed E-state index contributed by atoms with van der Waals surface area (Å²) < 4.78 is 0. The van der Waals surface area contributed by atoms with E-state index in [1.165, 1.54) is 12.8 Å². The van der Waals surface area contributed by atoms with E-state index >= 15 is 0 Å². The van der Waals surface area contributed by atoms with E-state index in [4.69, 9.17) is 0 Å². The normalized spacial score (nSPS) is 32.7. The van der Waals surface area contributed by atoms with Gasteiger partial charge in [-0.15, -0.1) is 0 Å². The average Bonchev–Trinajstić information content (AvgIpc) is 2.54. The van der Waals surface area contributed by atoms with Crippen LogP contribution >= 0.6 is 0 Å². The first-order valence-corrected chi connectivity index (χ1v) is 4.83. The lowest BCUT2D eigenvalue weighted by atomic mass is 10.1. The van der Waals surface area contributed by atoms with Gasteiger partial charge < -0.3 is 5.32 Å². The molecule has 0 aromatic heterocycles. The molecule has 2 saturated heterocycles. The minimum Gasteiger partial charge on any atom is -0.315 e. The monoisotopic (exact) mass is 168 g/mol. The van der Waals surface area contributed by atoms with Gasteiger partial charge in [-0.2, -0.15) is 0 Å². The molecule has 0 aromatic carbocycles.